The monoisotopic (exact) mass is 405 g/mol. The van der Waals surface area contributed by atoms with Gasteiger partial charge in [0.1, 0.15) is 0 Å². The first kappa shape index (κ1) is 19.8. The van der Waals surface area contributed by atoms with E-state index in [0.29, 0.717) is 13.1 Å². The second-order valence-corrected chi connectivity index (χ2v) is 8.42. The first-order valence-corrected chi connectivity index (χ1v) is 11.0. The number of carbonyl (C=O) groups excluding carboxylic acids is 1. The van der Waals surface area contributed by atoms with Crippen LogP contribution < -0.4 is 5.32 Å². The van der Waals surface area contributed by atoms with Crippen molar-refractivity contribution < 1.29 is 4.79 Å². The number of thiophene rings is 1. The maximum Gasteiger partial charge on any atom is 0.234 e. The molecule has 29 heavy (non-hydrogen) atoms. The van der Waals surface area contributed by atoms with E-state index in [-0.39, 0.29) is 11.9 Å². The molecular weight excluding hydrogens is 378 g/mol. The minimum Gasteiger partial charge on any atom is -0.350 e. The van der Waals surface area contributed by atoms with Crippen molar-refractivity contribution in [3.05, 3.63) is 94.2 Å². The maximum absolute atomic E-state index is 12.3. The van der Waals surface area contributed by atoms with Crippen LogP contribution in [-0.2, 0) is 11.3 Å². The summed E-state index contributed by atoms with van der Waals surface area (Å²) in [5.74, 6) is 0.106. The third kappa shape index (κ3) is 5.32. The molecule has 5 heteroatoms. The normalized spacial score (nSPS) is 15.5. The number of hydrogen-bond donors (Lipinski definition) is 1. The van der Waals surface area contributed by atoms with Crippen LogP contribution in [0.3, 0.4) is 0 Å². The van der Waals surface area contributed by atoms with Crippen LogP contribution in [0.15, 0.2) is 78.2 Å². The Morgan fingerprint density at radius 3 is 2.03 bits per heavy atom. The summed E-state index contributed by atoms with van der Waals surface area (Å²) in [4.78, 5) is 18.3. The Morgan fingerprint density at radius 2 is 1.48 bits per heavy atom. The minimum absolute atomic E-state index is 0.106. The maximum atomic E-state index is 12.3. The molecule has 1 aliphatic rings. The highest BCUT2D eigenvalue weighted by Crippen LogP contribution is 2.29. The lowest BCUT2D eigenvalue weighted by Gasteiger charge is -2.39. The molecule has 4 nitrogen and oxygen atoms in total. The molecule has 4 rings (SSSR count). The topological polar surface area (TPSA) is 35.6 Å². The van der Waals surface area contributed by atoms with Crippen LogP contribution in [0.2, 0.25) is 0 Å². The molecule has 0 spiro atoms. The Morgan fingerprint density at radius 1 is 0.862 bits per heavy atom. The van der Waals surface area contributed by atoms with Crippen LogP contribution >= 0.6 is 11.3 Å². The molecule has 1 saturated heterocycles. The average Bonchev–Trinajstić information content (AvgIpc) is 3.29. The van der Waals surface area contributed by atoms with Crippen molar-refractivity contribution in [3.8, 4) is 0 Å². The van der Waals surface area contributed by atoms with Crippen molar-refractivity contribution in [2.24, 2.45) is 0 Å². The number of amides is 1. The lowest BCUT2D eigenvalue weighted by Crippen LogP contribution is -2.50. The predicted molar refractivity (Wildman–Crippen MR) is 119 cm³/mol. The smallest absolute Gasteiger partial charge is 0.234 e. The van der Waals surface area contributed by atoms with E-state index in [0.717, 1.165) is 26.2 Å². The molecule has 150 valence electrons. The van der Waals surface area contributed by atoms with Crippen LogP contribution in [0.5, 0.6) is 0 Å². The fourth-order valence-electron chi connectivity index (χ4n) is 3.92. The quantitative estimate of drug-likeness (QED) is 0.650. The molecule has 0 aliphatic carbocycles. The van der Waals surface area contributed by atoms with E-state index in [1.54, 1.807) is 11.3 Å². The van der Waals surface area contributed by atoms with Crippen LogP contribution in [0.4, 0.5) is 0 Å². The van der Waals surface area contributed by atoms with Crippen molar-refractivity contribution in [2.75, 3.05) is 32.7 Å². The van der Waals surface area contributed by atoms with E-state index in [2.05, 4.69) is 81.8 Å². The highest BCUT2D eigenvalue weighted by molar-refractivity contribution is 7.09. The van der Waals surface area contributed by atoms with Crippen molar-refractivity contribution in [1.82, 2.24) is 15.1 Å². The summed E-state index contributed by atoms with van der Waals surface area (Å²) in [5, 5.41) is 5.07. The number of carbonyl (C=O) groups is 1. The molecule has 1 fully saturated rings. The van der Waals surface area contributed by atoms with E-state index in [9.17, 15) is 4.79 Å². The lowest BCUT2D eigenvalue weighted by molar-refractivity contribution is -0.122. The van der Waals surface area contributed by atoms with Crippen LogP contribution in [-0.4, -0.2) is 48.4 Å². The van der Waals surface area contributed by atoms with Gasteiger partial charge in [0.15, 0.2) is 0 Å². The number of hydrogen-bond acceptors (Lipinski definition) is 4. The Labute approximate surface area is 176 Å². The molecule has 1 aliphatic heterocycles. The highest BCUT2D eigenvalue weighted by atomic mass is 32.1. The Balaban J connectivity index is 1.35. The van der Waals surface area contributed by atoms with Crippen LogP contribution in [0, 0.1) is 0 Å². The molecule has 2 aromatic carbocycles. The van der Waals surface area contributed by atoms with Gasteiger partial charge in [-0.3, -0.25) is 14.6 Å². The second-order valence-electron chi connectivity index (χ2n) is 7.39. The van der Waals surface area contributed by atoms with Gasteiger partial charge < -0.3 is 5.32 Å². The molecular formula is C24H27N3OS. The zero-order valence-corrected chi connectivity index (χ0v) is 17.4. The zero-order chi connectivity index (χ0) is 19.9. The molecule has 3 aromatic rings. The summed E-state index contributed by atoms with van der Waals surface area (Å²) >= 11 is 1.68. The second kappa shape index (κ2) is 9.83. The van der Waals surface area contributed by atoms with Crippen molar-refractivity contribution >= 4 is 17.2 Å². The van der Waals surface area contributed by atoms with Gasteiger partial charge in [-0.2, -0.15) is 0 Å². The largest absolute Gasteiger partial charge is 0.350 e. The molecule has 0 bridgehead atoms. The van der Waals surface area contributed by atoms with Gasteiger partial charge in [0.2, 0.25) is 5.91 Å². The number of nitrogens with one attached hydrogen (secondary N) is 1. The van der Waals surface area contributed by atoms with Gasteiger partial charge in [-0.05, 0) is 22.6 Å². The van der Waals surface area contributed by atoms with Gasteiger partial charge in [-0.15, -0.1) is 11.3 Å². The molecule has 1 aromatic heterocycles. The Kier molecular flexibility index (Phi) is 6.72. The van der Waals surface area contributed by atoms with E-state index >= 15 is 0 Å². The van der Waals surface area contributed by atoms with E-state index in [1.165, 1.54) is 16.0 Å². The van der Waals surface area contributed by atoms with Crippen molar-refractivity contribution in [1.29, 1.82) is 0 Å². The lowest BCUT2D eigenvalue weighted by atomic mass is 9.96. The highest BCUT2D eigenvalue weighted by Gasteiger charge is 2.26. The van der Waals surface area contributed by atoms with Crippen molar-refractivity contribution in [3.63, 3.8) is 0 Å². The predicted octanol–water partition coefficient (Wildman–Crippen LogP) is 3.77. The molecule has 2 heterocycles. The van der Waals surface area contributed by atoms with Crippen LogP contribution in [0.1, 0.15) is 22.0 Å². The molecule has 1 amide bonds. The number of benzene rings is 2. The minimum atomic E-state index is 0.106. The summed E-state index contributed by atoms with van der Waals surface area (Å²) in [7, 11) is 0. The average molecular weight is 406 g/mol. The fraction of sp³-hybridized carbons (Fsp3) is 0.292. The fourth-order valence-corrected chi connectivity index (χ4v) is 4.57. The first-order valence-electron chi connectivity index (χ1n) is 10.1. The first-order chi connectivity index (χ1) is 14.3. The number of nitrogens with zero attached hydrogens (tertiary/aromatic N) is 2. The summed E-state index contributed by atoms with van der Waals surface area (Å²) in [6.45, 7) is 4.81. The molecule has 0 saturated carbocycles. The van der Waals surface area contributed by atoms with Gasteiger partial charge >= 0.3 is 0 Å². The third-order valence-electron chi connectivity index (χ3n) is 5.41. The Bertz CT molecular complexity index is 836. The molecule has 0 atom stereocenters. The third-order valence-corrected chi connectivity index (χ3v) is 6.29. The summed E-state index contributed by atoms with van der Waals surface area (Å²) in [6, 6.07) is 25.7. The van der Waals surface area contributed by atoms with E-state index in [4.69, 9.17) is 0 Å². The zero-order valence-electron chi connectivity index (χ0n) is 16.5. The van der Waals surface area contributed by atoms with Gasteiger partial charge in [0.05, 0.1) is 19.1 Å². The van der Waals surface area contributed by atoms with Crippen molar-refractivity contribution in [2.45, 2.75) is 12.6 Å². The van der Waals surface area contributed by atoms with Gasteiger partial charge in [0, 0.05) is 31.1 Å². The molecule has 1 N–H and O–H groups in total. The van der Waals surface area contributed by atoms with Gasteiger partial charge in [0.25, 0.3) is 0 Å². The van der Waals surface area contributed by atoms with Gasteiger partial charge in [-0.1, -0.05) is 66.7 Å². The molecule has 0 radical (unpaired) electrons. The van der Waals surface area contributed by atoms with Crippen LogP contribution in [0.25, 0.3) is 0 Å². The van der Waals surface area contributed by atoms with E-state index < -0.39 is 0 Å². The SMILES string of the molecule is O=C(CN1CCN(C(c2ccccc2)c2ccccc2)CC1)NCc1cccs1. The molecule has 0 unspecified atom stereocenters. The summed E-state index contributed by atoms with van der Waals surface area (Å²) in [5.41, 5.74) is 2.64. The number of rotatable bonds is 7. The summed E-state index contributed by atoms with van der Waals surface area (Å²) < 4.78 is 0. The standard InChI is InChI=1S/C24H27N3OS/c28-23(25-18-22-12-7-17-29-22)19-26-13-15-27(16-14-26)24(20-8-3-1-4-9-20)21-10-5-2-6-11-21/h1-12,17,24H,13-16,18-19H2,(H,25,28). The van der Waals surface area contributed by atoms with Gasteiger partial charge in [-0.25, -0.2) is 0 Å². The summed E-state index contributed by atoms with van der Waals surface area (Å²) in [6.07, 6.45) is 0. The van der Waals surface area contributed by atoms with E-state index in [1.807, 2.05) is 11.4 Å². The number of piperazine rings is 1. The Hall–Kier alpha value is -2.47.